The number of hydrogen-bond acceptors (Lipinski definition) is 2. The van der Waals surface area contributed by atoms with Crippen molar-refractivity contribution in [3.63, 3.8) is 0 Å². The zero-order chi connectivity index (χ0) is 11.3. The van der Waals surface area contributed by atoms with Gasteiger partial charge in [-0.3, -0.25) is 4.79 Å². The first kappa shape index (κ1) is 12.5. The first-order valence-corrected chi connectivity index (χ1v) is 6.09. The number of rotatable bonds is 7. The van der Waals surface area contributed by atoms with Gasteiger partial charge in [-0.25, -0.2) is 0 Å². The highest BCUT2D eigenvalue weighted by Gasteiger charge is 2.27. The molecule has 0 saturated carbocycles. The quantitative estimate of drug-likeness (QED) is 0.705. The maximum absolute atomic E-state index is 10.6. The Bertz CT molecular complexity index is 200. The number of nitrogens with zero attached hydrogens (tertiary/aromatic N) is 1. The molecule has 0 radical (unpaired) electrons. The molecule has 1 aliphatic rings. The fourth-order valence-corrected chi connectivity index (χ4v) is 2.37. The maximum atomic E-state index is 10.6. The first-order valence-electron chi connectivity index (χ1n) is 6.09. The van der Waals surface area contributed by atoms with Gasteiger partial charge in [0.05, 0.1) is 0 Å². The van der Waals surface area contributed by atoms with Crippen molar-refractivity contribution >= 4 is 5.97 Å². The van der Waals surface area contributed by atoms with E-state index in [1.54, 1.807) is 0 Å². The van der Waals surface area contributed by atoms with Crippen LogP contribution >= 0.6 is 0 Å². The molecule has 3 heteroatoms. The molecule has 0 amide bonds. The molecular weight excluding hydrogens is 190 g/mol. The normalized spacial score (nSPS) is 19.9. The average molecular weight is 213 g/mol. The van der Waals surface area contributed by atoms with Gasteiger partial charge >= 0.3 is 5.97 Å². The monoisotopic (exact) mass is 213 g/mol. The Hall–Kier alpha value is -0.570. The summed E-state index contributed by atoms with van der Waals surface area (Å²) in [4.78, 5) is 13.0. The molecule has 0 aromatic heterocycles. The molecule has 0 aliphatic carbocycles. The Morgan fingerprint density at radius 2 is 2.13 bits per heavy atom. The molecular formula is C12H23NO2. The molecule has 88 valence electrons. The minimum atomic E-state index is -0.660. The van der Waals surface area contributed by atoms with E-state index in [2.05, 4.69) is 18.7 Å². The summed E-state index contributed by atoms with van der Waals surface area (Å²) in [6.45, 7) is 7.65. The second kappa shape index (κ2) is 6.11. The van der Waals surface area contributed by atoms with Crippen LogP contribution in [0.2, 0.25) is 0 Å². The van der Waals surface area contributed by atoms with E-state index >= 15 is 0 Å². The lowest BCUT2D eigenvalue weighted by molar-refractivity contribution is -0.138. The predicted molar refractivity (Wildman–Crippen MR) is 60.9 cm³/mol. The molecule has 1 rings (SSSR count). The predicted octanol–water partition coefficient (Wildman–Crippen LogP) is 2.22. The summed E-state index contributed by atoms with van der Waals surface area (Å²) in [7, 11) is 0. The minimum absolute atomic E-state index is 0.325. The first-order chi connectivity index (χ1) is 7.15. The van der Waals surface area contributed by atoms with Crippen LogP contribution in [0.25, 0.3) is 0 Å². The van der Waals surface area contributed by atoms with Gasteiger partial charge in [-0.05, 0) is 18.3 Å². The topological polar surface area (TPSA) is 40.5 Å². The average Bonchev–Trinajstić information content (AvgIpc) is 2.12. The van der Waals surface area contributed by atoms with E-state index in [0.717, 1.165) is 18.9 Å². The van der Waals surface area contributed by atoms with Gasteiger partial charge in [0, 0.05) is 26.1 Å². The highest BCUT2D eigenvalue weighted by molar-refractivity contribution is 5.67. The number of carboxylic acid groups (broad SMARTS) is 1. The summed E-state index contributed by atoms with van der Waals surface area (Å²) in [6.07, 6.45) is 3.89. The van der Waals surface area contributed by atoms with Crippen LogP contribution in [0.4, 0.5) is 0 Å². The lowest BCUT2D eigenvalue weighted by Crippen LogP contribution is -2.48. The van der Waals surface area contributed by atoms with Gasteiger partial charge in [0.1, 0.15) is 0 Å². The second-order valence-electron chi connectivity index (χ2n) is 4.75. The number of hydrogen-bond donors (Lipinski definition) is 1. The fourth-order valence-electron chi connectivity index (χ4n) is 2.37. The van der Waals surface area contributed by atoms with Gasteiger partial charge in [0.2, 0.25) is 0 Å². The second-order valence-corrected chi connectivity index (χ2v) is 4.75. The summed E-state index contributed by atoms with van der Waals surface area (Å²) >= 11 is 0. The molecule has 1 atom stereocenters. The van der Waals surface area contributed by atoms with Gasteiger partial charge in [-0.1, -0.05) is 26.7 Å². The molecule has 0 bridgehead atoms. The van der Waals surface area contributed by atoms with Gasteiger partial charge in [-0.2, -0.15) is 0 Å². The number of aliphatic carboxylic acids is 1. The zero-order valence-electron chi connectivity index (χ0n) is 9.91. The van der Waals surface area contributed by atoms with E-state index in [1.165, 1.54) is 25.9 Å². The molecule has 1 saturated heterocycles. The van der Waals surface area contributed by atoms with E-state index in [9.17, 15) is 4.79 Å². The van der Waals surface area contributed by atoms with Gasteiger partial charge in [0.15, 0.2) is 0 Å². The molecule has 1 N–H and O–H groups in total. The number of likely N-dealkylation sites (tertiary alicyclic amines) is 1. The molecule has 1 fully saturated rings. The third kappa shape index (κ3) is 4.20. The van der Waals surface area contributed by atoms with Crippen molar-refractivity contribution in [2.45, 2.75) is 39.5 Å². The van der Waals surface area contributed by atoms with Gasteiger partial charge < -0.3 is 10.0 Å². The van der Waals surface area contributed by atoms with Crippen molar-refractivity contribution in [1.82, 2.24) is 4.90 Å². The van der Waals surface area contributed by atoms with Crippen LogP contribution < -0.4 is 0 Å². The Morgan fingerprint density at radius 3 is 2.60 bits per heavy atom. The lowest BCUT2D eigenvalue weighted by Gasteiger charge is -2.41. The van der Waals surface area contributed by atoms with E-state index < -0.39 is 5.97 Å². The smallest absolute Gasteiger partial charge is 0.303 e. The summed E-state index contributed by atoms with van der Waals surface area (Å²) in [5.41, 5.74) is 0. The van der Waals surface area contributed by atoms with Crippen molar-refractivity contribution in [3.05, 3.63) is 0 Å². The molecule has 3 nitrogen and oxygen atoms in total. The van der Waals surface area contributed by atoms with Crippen LogP contribution in [-0.4, -0.2) is 35.6 Å². The van der Waals surface area contributed by atoms with E-state index in [-0.39, 0.29) is 0 Å². The maximum Gasteiger partial charge on any atom is 0.303 e. The van der Waals surface area contributed by atoms with Gasteiger partial charge in [0.25, 0.3) is 0 Å². The van der Waals surface area contributed by atoms with Crippen LogP contribution in [0.15, 0.2) is 0 Å². The molecule has 0 aromatic carbocycles. The van der Waals surface area contributed by atoms with Crippen molar-refractivity contribution in [2.24, 2.45) is 11.8 Å². The minimum Gasteiger partial charge on any atom is -0.481 e. The molecule has 1 aliphatic heterocycles. The van der Waals surface area contributed by atoms with Crippen molar-refractivity contribution in [1.29, 1.82) is 0 Å². The van der Waals surface area contributed by atoms with Crippen LogP contribution in [0.5, 0.6) is 0 Å². The lowest BCUT2D eigenvalue weighted by atomic mass is 9.92. The summed E-state index contributed by atoms with van der Waals surface area (Å²) in [6, 6.07) is 0. The Labute approximate surface area is 92.5 Å². The summed E-state index contributed by atoms with van der Waals surface area (Å²) in [5, 5.41) is 8.74. The van der Waals surface area contributed by atoms with Crippen LogP contribution in [-0.2, 0) is 4.79 Å². The van der Waals surface area contributed by atoms with Crippen LogP contribution in [0.3, 0.4) is 0 Å². The SMILES string of the molecule is CCCC1CN(CC(CC)CC(=O)O)C1. The number of carboxylic acids is 1. The van der Waals surface area contributed by atoms with Crippen LogP contribution in [0, 0.1) is 11.8 Å². The van der Waals surface area contributed by atoms with E-state index in [0.29, 0.717) is 12.3 Å². The molecule has 0 spiro atoms. The standard InChI is InChI=1S/C12H23NO2/c1-3-5-11-8-13(9-11)7-10(4-2)6-12(14)15/h10-11H,3-9H2,1-2H3,(H,14,15). The molecule has 15 heavy (non-hydrogen) atoms. The van der Waals surface area contributed by atoms with Crippen molar-refractivity contribution in [2.75, 3.05) is 19.6 Å². The fraction of sp³-hybridized carbons (Fsp3) is 0.917. The van der Waals surface area contributed by atoms with Crippen molar-refractivity contribution in [3.8, 4) is 0 Å². The zero-order valence-corrected chi connectivity index (χ0v) is 9.91. The Kier molecular flexibility index (Phi) is 5.09. The highest BCUT2D eigenvalue weighted by Crippen LogP contribution is 2.23. The largest absolute Gasteiger partial charge is 0.481 e. The molecule has 1 heterocycles. The Morgan fingerprint density at radius 1 is 1.47 bits per heavy atom. The van der Waals surface area contributed by atoms with Gasteiger partial charge in [-0.15, -0.1) is 0 Å². The highest BCUT2D eigenvalue weighted by atomic mass is 16.4. The Balaban J connectivity index is 2.15. The van der Waals surface area contributed by atoms with Crippen LogP contribution in [0.1, 0.15) is 39.5 Å². The third-order valence-corrected chi connectivity index (χ3v) is 3.29. The summed E-state index contributed by atoms with van der Waals surface area (Å²) < 4.78 is 0. The van der Waals surface area contributed by atoms with E-state index in [4.69, 9.17) is 5.11 Å². The van der Waals surface area contributed by atoms with E-state index in [1.807, 2.05) is 0 Å². The molecule has 1 unspecified atom stereocenters. The third-order valence-electron chi connectivity index (χ3n) is 3.29. The number of carbonyl (C=O) groups is 1. The summed E-state index contributed by atoms with van der Waals surface area (Å²) in [5.74, 6) is 0.551. The molecule has 0 aromatic rings. The van der Waals surface area contributed by atoms with Crippen molar-refractivity contribution < 1.29 is 9.90 Å².